The van der Waals surface area contributed by atoms with Crippen molar-refractivity contribution >= 4 is 27.8 Å². The molecule has 0 saturated heterocycles. The van der Waals surface area contributed by atoms with Gasteiger partial charge in [-0.2, -0.15) is 13.2 Å². The Balaban J connectivity index is 2.57. The van der Waals surface area contributed by atoms with Crippen molar-refractivity contribution < 1.29 is 45.0 Å². The predicted octanol–water partition coefficient (Wildman–Crippen LogP) is 3.85. The number of sulfonamides is 1. The Hall–Kier alpha value is -3.28. The summed E-state index contributed by atoms with van der Waals surface area (Å²) >= 11 is 0. The van der Waals surface area contributed by atoms with Crippen LogP contribution in [0.3, 0.4) is 0 Å². The van der Waals surface area contributed by atoms with Crippen LogP contribution >= 0.6 is 0 Å². The number of methoxy groups -OCH3 is 3. The molecule has 12 heteroatoms. The Bertz CT molecular complexity index is 1110. The average Bonchev–Trinajstić information content (AvgIpc) is 2.71. The molecule has 0 atom stereocenters. The molecule has 0 radical (unpaired) electrons. The quantitative estimate of drug-likeness (QED) is 0.381. The first kappa shape index (κ1) is 24.0. The number of nitrogens with one attached hydrogen (secondary N) is 1. The number of carbonyl (C=O) groups excluding carboxylic acids is 1. The number of rotatable bonds is 7. The van der Waals surface area contributed by atoms with E-state index >= 15 is 0 Å². The molecule has 2 rings (SSSR count). The van der Waals surface area contributed by atoms with Crippen LogP contribution in [0.15, 0.2) is 41.3 Å². The third-order valence-corrected chi connectivity index (χ3v) is 5.28. The Morgan fingerprint density at radius 1 is 1.06 bits per heavy atom. The van der Waals surface area contributed by atoms with Gasteiger partial charge in [-0.3, -0.25) is 4.72 Å². The smallest absolute Gasteiger partial charge is 0.419 e. The van der Waals surface area contributed by atoms with E-state index in [-0.39, 0.29) is 17.1 Å². The summed E-state index contributed by atoms with van der Waals surface area (Å²) in [6, 6.07) is 4.15. The van der Waals surface area contributed by atoms with Crippen molar-refractivity contribution in [1.82, 2.24) is 0 Å². The maximum atomic E-state index is 13.5. The highest BCUT2D eigenvalue weighted by atomic mass is 32.2. The maximum absolute atomic E-state index is 13.5. The van der Waals surface area contributed by atoms with Crippen LogP contribution in [0.4, 0.5) is 23.2 Å². The van der Waals surface area contributed by atoms with Gasteiger partial charge in [0.15, 0.2) is 11.5 Å². The number of carbonyl (C=O) groups is 1. The number of benzene rings is 2. The van der Waals surface area contributed by atoms with Gasteiger partial charge in [0, 0.05) is 11.8 Å². The van der Waals surface area contributed by atoms with Crippen LogP contribution in [0, 0.1) is 5.82 Å². The average molecular weight is 463 g/mol. The third kappa shape index (κ3) is 5.66. The summed E-state index contributed by atoms with van der Waals surface area (Å²) in [4.78, 5) is 10.8. The van der Waals surface area contributed by atoms with Gasteiger partial charge < -0.3 is 14.2 Å². The predicted molar refractivity (Wildman–Crippen MR) is 103 cm³/mol. The summed E-state index contributed by atoms with van der Waals surface area (Å²) in [6.07, 6.45) is -2.75. The van der Waals surface area contributed by atoms with E-state index in [1.165, 1.54) is 26.4 Å². The SMILES string of the molecule is COC(=O)/C=C/c1cc(OC)c(OC)c(S(=O)(=O)Nc2ccc(F)c(C(F)(F)F)c2)c1. The standard InChI is InChI=1S/C19H17F4NO6S/c1-28-15-8-11(4-7-17(25)29-2)9-16(18(15)30-3)31(26,27)24-12-5-6-14(20)13(10-12)19(21,22)23/h4-10,24H,1-3H3/b7-4+. The molecule has 7 nitrogen and oxygen atoms in total. The summed E-state index contributed by atoms with van der Waals surface area (Å²) < 4.78 is 94.7. The van der Waals surface area contributed by atoms with Crippen LogP contribution < -0.4 is 14.2 Å². The van der Waals surface area contributed by atoms with Crippen LogP contribution in [0.25, 0.3) is 6.08 Å². The molecule has 0 bridgehead atoms. The Morgan fingerprint density at radius 2 is 1.74 bits per heavy atom. The number of ether oxygens (including phenoxy) is 3. The fourth-order valence-corrected chi connectivity index (χ4v) is 3.76. The van der Waals surface area contributed by atoms with Gasteiger partial charge in [-0.25, -0.2) is 17.6 Å². The second-order valence-corrected chi connectivity index (χ2v) is 7.56. The van der Waals surface area contributed by atoms with E-state index in [2.05, 4.69) is 4.74 Å². The molecule has 168 valence electrons. The van der Waals surface area contributed by atoms with Gasteiger partial charge in [-0.15, -0.1) is 0 Å². The van der Waals surface area contributed by atoms with Gasteiger partial charge in [0.25, 0.3) is 10.0 Å². The fourth-order valence-electron chi connectivity index (χ4n) is 2.49. The van der Waals surface area contributed by atoms with E-state index in [1.54, 1.807) is 0 Å². The molecule has 31 heavy (non-hydrogen) atoms. The molecular weight excluding hydrogens is 446 g/mol. The Kier molecular flexibility index (Phi) is 7.16. The van der Waals surface area contributed by atoms with Crippen molar-refractivity contribution in [2.45, 2.75) is 11.1 Å². The van der Waals surface area contributed by atoms with Crippen LogP contribution in [-0.2, 0) is 25.7 Å². The van der Waals surface area contributed by atoms with Crippen LogP contribution in [-0.4, -0.2) is 35.7 Å². The zero-order valence-electron chi connectivity index (χ0n) is 16.4. The van der Waals surface area contributed by atoms with Crippen LogP contribution in [0.2, 0.25) is 0 Å². The van der Waals surface area contributed by atoms with Crippen molar-refractivity contribution in [3.05, 3.63) is 53.4 Å². The van der Waals surface area contributed by atoms with Gasteiger partial charge in [0.2, 0.25) is 0 Å². The normalized spacial score (nSPS) is 12.0. The largest absolute Gasteiger partial charge is 0.493 e. The molecule has 1 N–H and O–H groups in total. The molecule has 0 aliphatic carbocycles. The second kappa shape index (κ2) is 9.25. The minimum atomic E-state index is -5.02. The molecule has 0 amide bonds. The number of anilines is 1. The number of halogens is 4. The topological polar surface area (TPSA) is 90.9 Å². The summed E-state index contributed by atoms with van der Waals surface area (Å²) in [6.45, 7) is 0. The monoisotopic (exact) mass is 463 g/mol. The van der Waals surface area contributed by atoms with Gasteiger partial charge in [0.1, 0.15) is 10.7 Å². The van der Waals surface area contributed by atoms with Crippen LogP contribution in [0.5, 0.6) is 11.5 Å². The Morgan fingerprint density at radius 3 is 2.29 bits per heavy atom. The lowest BCUT2D eigenvalue weighted by Crippen LogP contribution is -2.16. The first-order valence-corrected chi connectivity index (χ1v) is 9.83. The highest BCUT2D eigenvalue weighted by molar-refractivity contribution is 7.92. The summed E-state index contributed by atoms with van der Waals surface area (Å²) in [5.41, 5.74) is -1.96. The van der Waals surface area contributed by atoms with Crippen molar-refractivity contribution in [3.63, 3.8) is 0 Å². The summed E-state index contributed by atoms with van der Waals surface area (Å²) in [5.74, 6) is -2.51. The highest BCUT2D eigenvalue weighted by Gasteiger charge is 2.34. The lowest BCUT2D eigenvalue weighted by molar-refractivity contribution is -0.140. The highest BCUT2D eigenvalue weighted by Crippen LogP contribution is 2.38. The third-order valence-electron chi connectivity index (χ3n) is 3.89. The van der Waals surface area contributed by atoms with E-state index in [1.807, 2.05) is 4.72 Å². The van der Waals surface area contributed by atoms with Gasteiger partial charge in [-0.1, -0.05) is 0 Å². The van der Waals surface area contributed by atoms with Crippen molar-refractivity contribution in [2.24, 2.45) is 0 Å². The maximum Gasteiger partial charge on any atom is 0.419 e. The molecule has 2 aromatic rings. The summed E-state index contributed by atoms with van der Waals surface area (Å²) in [7, 11) is -0.965. The van der Waals surface area contributed by atoms with Crippen molar-refractivity contribution in [3.8, 4) is 11.5 Å². The number of hydrogen-bond acceptors (Lipinski definition) is 6. The molecule has 0 aliphatic heterocycles. The Labute approximate surface area is 175 Å². The summed E-state index contributed by atoms with van der Waals surface area (Å²) in [5, 5.41) is 0. The van der Waals surface area contributed by atoms with E-state index < -0.39 is 44.1 Å². The molecule has 0 aromatic heterocycles. The lowest BCUT2D eigenvalue weighted by atomic mass is 10.2. The van der Waals surface area contributed by atoms with Crippen molar-refractivity contribution in [1.29, 1.82) is 0 Å². The van der Waals surface area contributed by atoms with E-state index in [4.69, 9.17) is 9.47 Å². The van der Waals surface area contributed by atoms with E-state index in [0.29, 0.717) is 12.1 Å². The zero-order valence-corrected chi connectivity index (χ0v) is 17.2. The molecule has 0 heterocycles. The van der Waals surface area contributed by atoms with Gasteiger partial charge in [0.05, 0.1) is 26.9 Å². The zero-order chi connectivity index (χ0) is 23.4. The fraction of sp³-hybridized carbons (Fsp3) is 0.211. The number of hydrogen-bond donors (Lipinski definition) is 1. The molecule has 0 saturated carbocycles. The lowest BCUT2D eigenvalue weighted by Gasteiger charge is -2.16. The molecule has 2 aromatic carbocycles. The molecule has 0 fully saturated rings. The van der Waals surface area contributed by atoms with Crippen molar-refractivity contribution in [2.75, 3.05) is 26.1 Å². The van der Waals surface area contributed by atoms with Gasteiger partial charge in [-0.05, 0) is 42.0 Å². The minimum absolute atomic E-state index is 0.0232. The number of alkyl halides is 3. The first-order chi connectivity index (χ1) is 14.4. The first-order valence-electron chi connectivity index (χ1n) is 8.34. The molecule has 0 aliphatic rings. The number of esters is 1. The minimum Gasteiger partial charge on any atom is -0.493 e. The van der Waals surface area contributed by atoms with Crippen LogP contribution in [0.1, 0.15) is 11.1 Å². The van der Waals surface area contributed by atoms with Gasteiger partial charge >= 0.3 is 12.1 Å². The molecule has 0 spiro atoms. The van der Waals surface area contributed by atoms with E-state index in [0.717, 1.165) is 25.3 Å². The van der Waals surface area contributed by atoms with E-state index in [9.17, 15) is 30.8 Å². The molecular formula is C19H17F4NO6S. The second-order valence-electron chi connectivity index (χ2n) is 5.91. The molecule has 0 unspecified atom stereocenters.